The molecular formula is C12H18N6OS. The molecule has 20 heavy (non-hydrogen) atoms. The average molecular weight is 294 g/mol. The second kappa shape index (κ2) is 6.99. The number of nitrogens with one attached hydrogen (secondary N) is 2. The van der Waals surface area contributed by atoms with Crippen LogP contribution in [0, 0.1) is 0 Å². The predicted octanol–water partition coefficient (Wildman–Crippen LogP) is 1.07. The number of hydrogen-bond acceptors (Lipinski definition) is 6. The van der Waals surface area contributed by atoms with Crippen LogP contribution in [0.1, 0.15) is 28.8 Å². The average Bonchev–Trinajstić information content (AvgIpc) is 3.06. The van der Waals surface area contributed by atoms with E-state index in [0.717, 1.165) is 25.1 Å². The SMILES string of the molecule is CCCNc1nnc(C(=O)NCCc2ccnn2C)s1. The van der Waals surface area contributed by atoms with Crippen LogP contribution in [0.2, 0.25) is 0 Å². The molecule has 0 aliphatic heterocycles. The second-order valence-corrected chi connectivity index (χ2v) is 5.27. The normalized spacial score (nSPS) is 10.5. The number of amides is 1. The first-order valence-corrected chi connectivity index (χ1v) is 7.34. The van der Waals surface area contributed by atoms with Crippen LogP contribution in [-0.4, -0.2) is 39.0 Å². The Hall–Kier alpha value is -1.96. The fraction of sp³-hybridized carbons (Fsp3) is 0.500. The molecule has 7 nitrogen and oxygen atoms in total. The van der Waals surface area contributed by atoms with Gasteiger partial charge < -0.3 is 10.6 Å². The van der Waals surface area contributed by atoms with Crippen LogP contribution in [0.3, 0.4) is 0 Å². The molecule has 8 heteroatoms. The molecule has 2 N–H and O–H groups in total. The molecule has 0 saturated heterocycles. The lowest BCUT2D eigenvalue weighted by atomic mass is 10.3. The fourth-order valence-corrected chi connectivity index (χ4v) is 2.33. The van der Waals surface area contributed by atoms with Crippen LogP contribution in [-0.2, 0) is 13.5 Å². The van der Waals surface area contributed by atoms with Gasteiger partial charge in [-0.25, -0.2) is 0 Å². The van der Waals surface area contributed by atoms with Gasteiger partial charge in [-0.1, -0.05) is 18.3 Å². The van der Waals surface area contributed by atoms with E-state index >= 15 is 0 Å². The number of aryl methyl sites for hydroxylation is 1. The van der Waals surface area contributed by atoms with E-state index in [0.29, 0.717) is 16.7 Å². The van der Waals surface area contributed by atoms with Gasteiger partial charge in [0.15, 0.2) is 0 Å². The molecule has 2 heterocycles. The number of anilines is 1. The summed E-state index contributed by atoms with van der Waals surface area (Å²) in [5.74, 6) is -0.186. The molecule has 0 aliphatic rings. The second-order valence-electron chi connectivity index (χ2n) is 4.29. The quantitative estimate of drug-likeness (QED) is 0.798. The van der Waals surface area contributed by atoms with Crippen LogP contribution in [0.25, 0.3) is 0 Å². The van der Waals surface area contributed by atoms with E-state index in [1.165, 1.54) is 11.3 Å². The summed E-state index contributed by atoms with van der Waals surface area (Å²) < 4.78 is 1.80. The molecule has 1 amide bonds. The van der Waals surface area contributed by atoms with E-state index in [2.05, 4.69) is 32.9 Å². The van der Waals surface area contributed by atoms with E-state index in [9.17, 15) is 4.79 Å². The standard InChI is InChI=1S/C12H18N6OS/c1-3-6-14-12-17-16-11(20-12)10(19)13-7-4-9-5-8-15-18(9)2/h5,8H,3-4,6-7H2,1-2H3,(H,13,19)(H,14,17). The summed E-state index contributed by atoms with van der Waals surface area (Å²) in [6.45, 7) is 3.45. The van der Waals surface area contributed by atoms with Gasteiger partial charge in [0.2, 0.25) is 10.1 Å². The Morgan fingerprint density at radius 2 is 2.25 bits per heavy atom. The number of carbonyl (C=O) groups excluding carboxylic acids is 1. The molecule has 0 aliphatic carbocycles. The first-order chi connectivity index (χ1) is 9.70. The highest BCUT2D eigenvalue weighted by molar-refractivity contribution is 7.17. The molecule has 0 bridgehead atoms. The van der Waals surface area contributed by atoms with Crippen molar-refractivity contribution in [1.82, 2.24) is 25.3 Å². The minimum Gasteiger partial charge on any atom is -0.360 e. The Balaban J connectivity index is 1.79. The highest BCUT2D eigenvalue weighted by Gasteiger charge is 2.12. The summed E-state index contributed by atoms with van der Waals surface area (Å²) in [6.07, 6.45) is 3.49. The van der Waals surface area contributed by atoms with E-state index in [1.807, 2.05) is 13.1 Å². The molecule has 2 rings (SSSR count). The highest BCUT2D eigenvalue weighted by atomic mass is 32.1. The third-order valence-electron chi connectivity index (χ3n) is 2.73. The maximum absolute atomic E-state index is 11.9. The molecule has 0 aromatic carbocycles. The van der Waals surface area contributed by atoms with Gasteiger partial charge in [-0.3, -0.25) is 9.48 Å². The number of hydrogen-bond donors (Lipinski definition) is 2. The summed E-state index contributed by atoms with van der Waals surface area (Å²) in [5.41, 5.74) is 1.08. The maximum atomic E-state index is 11.9. The third kappa shape index (κ3) is 3.77. The summed E-state index contributed by atoms with van der Waals surface area (Å²) in [7, 11) is 1.88. The third-order valence-corrected chi connectivity index (χ3v) is 3.61. The molecule has 2 aromatic rings. The van der Waals surface area contributed by atoms with Gasteiger partial charge in [-0.2, -0.15) is 5.10 Å². The van der Waals surface area contributed by atoms with E-state index in [1.54, 1.807) is 10.9 Å². The molecule has 0 atom stereocenters. The Bertz CT molecular complexity index is 564. The maximum Gasteiger partial charge on any atom is 0.282 e. The van der Waals surface area contributed by atoms with Crippen molar-refractivity contribution in [2.24, 2.45) is 7.05 Å². The molecule has 2 aromatic heterocycles. The first-order valence-electron chi connectivity index (χ1n) is 6.53. The number of rotatable bonds is 7. The van der Waals surface area contributed by atoms with Crippen molar-refractivity contribution >= 4 is 22.4 Å². The lowest BCUT2D eigenvalue weighted by Crippen LogP contribution is -2.26. The topological polar surface area (TPSA) is 84.7 Å². The van der Waals surface area contributed by atoms with Crippen LogP contribution < -0.4 is 10.6 Å². The zero-order valence-corrected chi connectivity index (χ0v) is 12.4. The minimum absolute atomic E-state index is 0.186. The van der Waals surface area contributed by atoms with Crippen molar-refractivity contribution in [2.75, 3.05) is 18.4 Å². The number of aromatic nitrogens is 4. The summed E-state index contributed by atoms with van der Waals surface area (Å²) >= 11 is 1.27. The smallest absolute Gasteiger partial charge is 0.282 e. The van der Waals surface area contributed by atoms with Gasteiger partial charge in [0.1, 0.15) is 0 Å². The van der Waals surface area contributed by atoms with E-state index in [4.69, 9.17) is 0 Å². The minimum atomic E-state index is -0.186. The van der Waals surface area contributed by atoms with Gasteiger partial charge in [0.05, 0.1) is 0 Å². The predicted molar refractivity (Wildman–Crippen MR) is 77.9 cm³/mol. The van der Waals surface area contributed by atoms with Crippen LogP contribution in [0.5, 0.6) is 0 Å². The molecule has 0 radical (unpaired) electrons. The van der Waals surface area contributed by atoms with Gasteiger partial charge in [-0.15, -0.1) is 10.2 Å². The van der Waals surface area contributed by atoms with Crippen molar-refractivity contribution in [3.63, 3.8) is 0 Å². The van der Waals surface area contributed by atoms with Crippen molar-refractivity contribution in [3.05, 3.63) is 23.0 Å². The molecule has 0 saturated carbocycles. The van der Waals surface area contributed by atoms with Crippen LogP contribution >= 0.6 is 11.3 Å². The zero-order chi connectivity index (χ0) is 14.4. The first kappa shape index (κ1) is 14.4. The van der Waals surface area contributed by atoms with Crippen molar-refractivity contribution < 1.29 is 4.79 Å². The molecule has 108 valence electrons. The largest absolute Gasteiger partial charge is 0.360 e. The Labute approximate surface area is 121 Å². The molecular weight excluding hydrogens is 276 g/mol. The Morgan fingerprint density at radius 3 is 2.95 bits per heavy atom. The highest BCUT2D eigenvalue weighted by Crippen LogP contribution is 2.14. The zero-order valence-electron chi connectivity index (χ0n) is 11.6. The fourth-order valence-electron chi connectivity index (χ4n) is 1.64. The monoisotopic (exact) mass is 294 g/mol. The molecule has 0 unspecified atom stereocenters. The van der Waals surface area contributed by atoms with Crippen LogP contribution in [0.15, 0.2) is 12.3 Å². The summed E-state index contributed by atoms with van der Waals surface area (Å²) in [5, 5.41) is 18.9. The van der Waals surface area contributed by atoms with Gasteiger partial charge in [0, 0.05) is 38.4 Å². The number of carbonyl (C=O) groups is 1. The van der Waals surface area contributed by atoms with Gasteiger partial charge >= 0.3 is 0 Å². The lowest BCUT2D eigenvalue weighted by Gasteiger charge is -2.03. The van der Waals surface area contributed by atoms with Crippen molar-refractivity contribution in [1.29, 1.82) is 0 Å². The lowest BCUT2D eigenvalue weighted by molar-refractivity contribution is 0.0953. The van der Waals surface area contributed by atoms with E-state index in [-0.39, 0.29) is 5.91 Å². The Morgan fingerprint density at radius 1 is 1.40 bits per heavy atom. The van der Waals surface area contributed by atoms with E-state index < -0.39 is 0 Å². The summed E-state index contributed by atoms with van der Waals surface area (Å²) in [4.78, 5) is 11.9. The van der Waals surface area contributed by atoms with Crippen molar-refractivity contribution in [2.45, 2.75) is 19.8 Å². The number of nitrogens with zero attached hydrogens (tertiary/aromatic N) is 4. The molecule has 0 fully saturated rings. The summed E-state index contributed by atoms with van der Waals surface area (Å²) in [6, 6.07) is 1.93. The molecule has 0 spiro atoms. The van der Waals surface area contributed by atoms with Crippen molar-refractivity contribution in [3.8, 4) is 0 Å². The van der Waals surface area contributed by atoms with Gasteiger partial charge in [-0.05, 0) is 12.5 Å². The van der Waals surface area contributed by atoms with Crippen LogP contribution in [0.4, 0.5) is 5.13 Å². The Kier molecular flexibility index (Phi) is 5.05. The van der Waals surface area contributed by atoms with Gasteiger partial charge in [0.25, 0.3) is 5.91 Å².